The maximum Gasteiger partial charge on any atom is 0.173 e. The summed E-state index contributed by atoms with van der Waals surface area (Å²) in [5.41, 5.74) is 1.91. The van der Waals surface area contributed by atoms with Crippen LogP contribution in [0.3, 0.4) is 0 Å². The standard InChI is InChI=1S/C19H19ClN4S2/c1-13-5-4-7-15(17(13)20)21-19(25)24-11-9-23(10-12-24)18-14-6-2-3-8-16(14)26-22-18/h2-8H,9-12H2,1H3,(H,21,25). The molecule has 0 saturated carbocycles. The number of aromatic nitrogens is 1. The van der Waals surface area contributed by atoms with E-state index in [9.17, 15) is 0 Å². The van der Waals surface area contributed by atoms with E-state index in [4.69, 9.17) is 23.8 Å². The molecule has 1 aliphatic heterocycles. The molecule has 2 heterocycles. The van der Waals surface area contributed by atoms with Crippen molar-refractivity contribution in [1.82, 2.24) is 9.27 Å². The van der Waals surface area contributed by atoms with Crippen LogP contribution in [0.5, 0.6) is 0 Å². The number of thiocarbonyl (C=S) groups is 1. The highest BCUT2D eigenvalue weighted by atomic mass is 35.5. The summed E-state index contributed by atoms with van der Waals surface area (Å²) in [4.78, 5) is 4.54. The van der Waals surface area contributed by atoms with Crippen LogP contribution in [0.2, 0.25) is 5.02 Å². The molecule has 1 aliphatic rings. The fourth-order valence-corrected chi connectivity index (χ4v) is 4.42. The van der Waals surface area contributed by atoms with Gasteiger partial charge in [-0.2, -0.15) is 4.37 Å². The maximum absolute atomic E-state index is 6.37. The van der Waals surface area contributed by atoms with E-state index in [0.717, 1.165) is 53.4 Å². The van der Waals surface area contributed by atoms with Crippen molar-refractivity contribution < 1.29 is 0 Å². The minimum atomic E-state index is 0.722. The molecular formula is C19H19ClN4S2. The second kappa shape index (κ2) is 7.39. The Morgan fingerprint density at radius 3 is 2.69 bits per heavy atom. The van der Waals surface area contributed by atoms with Gasteiger partial charge in [0.05, 0.1) is 15.4 Å². The quantitative estimate of drug-likeness (QED) is 0.623. The van der Waals surface area contributed by atoms with Gasteiger partial charge in [-0.3, -0.25) is 0 Å². The van der Waals surface area contributed by atoms with Crippen LogP contribution in [0.4, 0.5) is 11.5 Å². The van der Waals surface area contributed by atoms with Gasteiger partial charge in [0.25, 0.3) is 0 Å². The largest absolute Gasteiger partial charge is 0.352 e. The van der Waals surface area contributed by atoms with Gasteiger partial charge in [-0.15, -0.1) is 0 Å². The fraction of sp³-hybridized carbons (Fsp3) is 0.263. The molecule has 1 aromatic heterocycles. The van der Waals surface area contributed by atoms with Gasteiger partial charge in [0, 0.05) is 31.6 Å². The average Bonchev–Trinajstić information content (AvgIpc) is 3.10. The molecule has 26 heavy (non-hydrogen) atoms. The summed E-state index contributed by atoms with van der Waals surface area (Å²) < 4.78 is 5.89. The van der Waals surface area contributed by atoms with Crippen LogP contribution in [0.25, 0.3) is 10.1 Å². The van der Waals surface area contributed by atoms with Gasteiger partial charge in [-0.1, -0.05) is 35.9 Å². The Bertz CT molecular complexity index is 948. The van der Waals surface area contributed by atoms with Gasteiger partial charge in [-0.05, 0) is 54.4 Å². The molecule has 0 unspecified atom stereocenters. The molecule has 0 amide bonds. The van der Waals surface area contributed by atoms with Crippen LogP contribution >= 0.6 is 35.4 Å². The first-order valence-corrected chi connectivity index (χ1v) is 10.1. The van der Waals surface area contributed by atoms with Gasteiger partial charge in [-0.25, -0.2) is 0 Å². The molecule has 3 aromatic rings. The van der Waals surface area contributed by atoms with Crippen LogP contribution in [0, 0.1) is 6.92 Å². The molecule has 1 N–H and O–H groups in total. The number of rotatable bonds is 2. The van der Waals surface area contributed by atoms with Crippen molar-refractivity contribution in [2.24, 2.45) is 0 Å². The molecule has 4 nitrogen and oxygen atoms in total. The third kappa shape index (κ3) is 3.37. The number of piperazine rings is 1. The topological polar surface area (TPSA) is 31.4 Å². The number of hydrogen-bond donors (Lipinski definition) is 1. The van der Waals surface area contributed by atoms with E-state index in [2.05, 4.69) is 43.8 Å². The summed E-state index contributed by atoms with van der Waals surface area (Å²) >= 11 is 13.5. The van der Waals surface area contributed by atoms with Crippen molar-refractivity contribution in [3.63, 3.8) is 0 Å². The van der Waals surface area contributed by atoms with Crippen molar-refractivity contribution >= 4 is 62.1 Å². The van der Waals surface area contributed by atoms with E-state index in [1.54, 1.807) is 11.5 Å². The second-order valence-corrected chi connectivity index (χ2v) is 7.91. The molecule has 0 bridgehead atoms. The highest BCUT2D eigenvalue weighted by molar-refractivity contribution is 7.80. The van der Waals surface area contributed by atoms with Gasteiger partial charge < -0.3 is 15.1 Å². The Morgan fingerprint density at radius 2 is 1.88 bits per heavy atom. The zero-order valence-corrected chi connectivity index (χ0v) is 16.8. The third-order valence-electron chi connectivity index (χ3n) is 4.66. The first-order chi connectivity index (χ1) is 12.6. The monoisotopic (exact) mass is 402 g/mol. The first-order valence-electron chi connectivity index (χ1n) is 8.54. The van der Waals surface area contributed by atoms with Crippen molar-refractivity contribution in [1.29, 1.82) is 0 Å². The Balaban J connectivity index is 1.42. The zero-order valence-electron chi connectivity index (χ0n) is 14.4. The number of nitrogens with zero attached hydrogens (tertiary/aromatic N) is 3. The summed E-state index contributed by atoms with van der Waals surface area (Å²) in [7, 11) is 0. The zero-order chi connectivity index (χ0) is 18.1. The number of fused-ring (bicyclic) bond motifs is 1. The Morgan fingerprint density at radius 1 is 1.12 bits per heavy atom. The van der Waals surface area contributed by atoms with E-state index in [1.807, 2.05) is 25.1 Å². The molecule has 134 valence electrons. The summed E-state index contributed by atoms with van der Waals surface area (Å²) in [6.45, 7) is 5.52. The van der Waals surface area contributed by atoms with Crippen LogP contribution < -0.4 is 10.2 Å². The highest BCUT2D eigenvalue weighted by Crippen LogP contribution is 2.30. The van der Waals surface area contributed by atoms with Crippen molar-refractivity contribution in [3.8, 4) is 0 Å². The van der Waals surface area contributed by atoms with Gasteiger partial charge in [0.15, 0.2) is 5.11 Å². The molecule has 0 radical (unpaired) electrons. The lowest BCUT2D eigenvalue weighted by molar-refractivity contribution is 0.390. The molecular weight excluding hydrogens is 384 g/mol. The number of anilines is 2. The van der Waals surface area contributed by atoms with E-state index < -0.39 is 0 Å². The lowest BCUT2D eigenvalue weighted by Crippen LogP contribution is -2.50. The van der Waals surface area contributed by atoms with Gasteiger partial charge in [0.1, 0.15) is 5.82 Å². The first kappa shape index (κ1) is 17.5. The van der Waals surface area contributed by atoms with Gasteiger partial charge >= 0.3 is 0 Å². The molecule has 2 aromatic carbocycles. The van der Waals surface area contributed by atoms with Crippen molar-refractivity contribution in [3.05, 3.63) is 53.1 Å². The SMILES string of the molecule is Cc1cccc(NC(=S)N2CCN(c3nsc4ccccc34)CC2)c1Cl. The predicted octanol–water partition coefficient (Wildman–Crippen LogP) is 4.78. The fourth-order valence-electron chi connectivity index (χ4n) is 3.16. The minimum absolute atomic E-state index is 0.722. The molecule has 1 saturated heterocycles. The second-order valence-electron chi connectivity index (χ2n) is 6.34. The Hall–Kier alpha value is -1.89. The normalized spacial score (nSPS) is 14.7. The van der Waals surface area contributed by atoms with E-state index in [-0.39, 0.29) is 0 Å². The van der Waals surface area contributed by atoms with Crippen LogP contribution in [0.15, 0.2) is 42.5 Å². The van der Waals surface area contributed by atoms with E-state index in [0.29, 0.717) is 0 Å². The van der Waals surface area contributed by atoms with Crippen molar-refractivity contribution in [2.75, 3.05) is 36.4 Å². The van der Waals surface area contributed by atoms with Crippen LogP contribution in [-0.2, 0) is 0 Å². The maximum atomic E-state index is 6.37. The minimum Gasteiger partial charge on any atom is -0.352 e. The van der Waals surface area contributed by atoms with Crippen LogP contribution in [0.1, 0.15) is 5.56 Å². The lowest BCUT2D eigenvalue weighted by atomic mass is 10.2. The van der Waals surface area contributed by atoms with Crippen molar-refractivity contribution in [2.45, 2.75) is 6.92 Å². The molecule has 0 atom stereocenters. The van der Waals surface area contributed by atoms with Crippen LogP contribution in [-0.4, -0.2) is 40.6 Å². The van der Waals surface area contributed by atoms with E-state index in [1.165, 1.54) is 10.1 Å². The number of hydrogen-bond acceptors (Lipinski definition) is 4. The summed E-state index contributed by atoms with van der Waals surface area (Å²) in [5.74, 6) is 1.09. The predicted molar refractivity (Wildman–Crippen MR) is 116 cm³/mol. The lowest BCUT2D eigenvalue weighted by Gasteiger charge is -2.36. The highest BCUT2D eigenvalue weighted by Gasteiger charge is 2.22. The Labute approximate surface area is 167 Å². The molecule has 1 fully saturated rings. The average molecular weight is 403 g/mol. The molecule has 0 spiro atoms. The molecule has 0 aliphatic carbocycles. The summed E-state index contributed by atoms with van der Waals surface area (Å²) in [6.07, 6.45) is 0. The third-order valence-corrected chi connectivity index (χ3v) is 6.34. The number of halogens is 1. The Kier molecular flexibility index (Phi) is 4.98. The smallest absolute Gasteiger partial charge is 0.173 e. The molecule has 4 rings (SSSR count). The van der Waals surface area contributed by atoms with E-state index >= 15 is 0 Å². The number of nitrogens with one attached hydrogen (secondary N) is 1. The number of benzene rings is 2. The number of aryl methyl sites for hydroxylation is 1. The summed E-state index contributed by atoms with van der Waals surface area (Å²) in [6, 6.07) is 14.3. The summed E-state index contributed by atoms with van der Waals surface area (Å²) in [5, 5.41) is 5.97. The molecule has 7 heteroatoms. The van der Waals surface area contributed by atoms with Gasteiger partial charge in [0.2, 0.25) is 0 Å².